The highest BCUT2D eigenvalue weighted by atomic mass is 15.1. The van der Waals surface area contributed by atoms with E-state index in [-0.39, 0.29) is 17.7 Å². The number of fused-ring (bicyclic) bond motifs is 11. The predicted molar refractivity (Wildman–Crippen MR) is 191 cm³/mol. The van der Waals surface area contributed by atoms with Crippen LogP contribution in [-0.4, -0.2) is 11.4 Å². The highest BCUT2D eigenvalue weighted by Gasteiger charge is 2.49. The minimum atomic E-state index is -0.155. The number of nitrogens with zero attached hydrogens (tertiary/aromatic N) is 2. The molecule has 6 aromatic carbocycles. The first kappa shape index (κ1) is 25.3. The third-order valence-electron chi connectivity index (χ3n) is 11.2. The standard InChI is InChI=1S/C42H33BN2/c1-41(2)31-18-8-11-22-36(31)45(40-32(41)25-24-28-26-14-5-7-17-30(26)42(3,4)38(28)40)43-33-19-9-12-23-37(33)44-35-21-10-6-15-27(35)29-16-13-20-34(43)39(29)44/h5-25H,1-4H3. The van der Waals surface area contributed by atoms with Crippen molar-refractivity contribution in [3.05, 3.63) is 150 Å². The van der Waals surface area contributed by atoms with Gasteiger partial charge in [-0.1, -0.05) is 137 Å². The highest BCUT2D eigenvalue weighted by molar-refractivity contribution is 6.92. The Morgan fingerprint density at radius 2 is 1.16 bits per heavy atom. The summed E-state index contributed by atoms with van der Waals surface area (Å²) in [6.45, 7) is 9.69. The Morgan fingerprint density at radius 1 is 0.489 bits per heavy atom. The van der Waals surface area contributed by atoms with Crippen LogP contribution >= 0.6 is 0 Å². The maximum absolute atomic E-state index is 2.73. The first-order valence-corrected chi connectivity index (χ1v) is 16.2. The maximum atomic E-state index is 2.73. The van der Waals surface area contributed by atoms with Gasteiger partial charge in [0.2, 0.25) is 0 Å². The number of aromatic nitrogens is 1. The van der Waals surface area contributed by atoms with Crippen molar-refractivity contribution in [3.8, 4) is 16.8 Å². The van der Waals surface area contributed by atoms with E-state index in [4.69, 9.17) is 0 Å². The SMILES string of the molecule is CC1(C)c2ccccc2N(B2c3ccccc3-n3c4ccccc4c4cccc2c43)c2c1ccc1c2C(C)(C)c2ccccc2-1. The van der Waals surface area contributed by atoms with Crippen molar-refractivity contribution in [2.24, 2.45) is 0 Å². The zero-order chi connectivity index (χ0) is 30.2. The molecule has 10 rings (SSSR count). The van der Waals surface area contributed by atoms with Crippen molar-refractivity contribution in [3.63, 3.8) is 0 Å². The number of benzene rings is 6. The highest BCUT2D eigenvalue weighted by Crippen LogP contribution is 2.59. The van der Waals surface area contributed by atoms with E-state index >= 15 is 0 Å². The molecule has 0 bridgehead atoms. The molecule has 0 amide bonds. The van der Waals surface area contributed by atoms with Crippen molar-refractivity contribution < 1.29 is 0 Å². The fourth-order valence-electron chi connectivity index (χ4n) is 9.23. The van der Waals surface area contributed by atoms with Crippen LogP contribution in [0.1, 0.15) is 49.9 Å². The van der Waals surface area contributed by atoms with Gasteiger partial charge in [-0.25, -0.2) is 0 Å². The van der Waals surface area contributed by atoms with Gasteiger partial charge in [0.25, 0.3) is 0 Å². The Balaban J connectivity index is 1.38. The molecule has 1 aliphatic carbocycles. The van der Waals surface area contributed by atoms with Gasteiger partial charge >= 0.3 is 6.85 Å². The summed E-state index contributed by atoms with van der Waals surface area (Å²) in [6, 6.07) is 48.0. The Kier molecular flexibility index (Phi) is 4.71. The van der Waals surface area contributed by atoms with Gasteiger partial charge < -0.3 is 9.38 Å². The van der Waals surface area contributed by atoms with Gasteiger partial charge in [-0.2, -0.15) is 0 Å². The summed E-state index contributed by atoms with van der Waals surface area (Å²) in [5.74, 6) is 0. The number of hydrogen-bond acceptors (Lipinski definition) is 1. The lowest BCUT2D eigenvalue weighted by molar-refractivity contribution is 0.619. The van der Waals surface area contributed by atoms with Crippen LogP contribution in [0.5, 0.6) is 0 Å². The first-order valence-electron chi connectivity index (χ1n) is 16.2. The summed E-state index contributed by atoms with van der Waals surface area (Å²) < 4.78 is 2.52. The lowest BCUT2D eigenvalue weighted by atomic mass is 9.45. The summed E-state index contributed by atoms with van der Waals surface area (Å²) >= 11 is 0. The number of hydrogen-bond donors (Lipinski definition) is 0. The quantitative estimate of drug-likeness (QED) is 0.177. The molecule has 0 spiro atoms. The Labute approximate surface area is 264 Å². The summed E-state index contributed by atoms with van der Waals surface area (Å²) in [6.07, 6.45) is 0. The molecule has 0 N–H and O–H groups in total. The van der Waals surface area contributed by atoms with Crippen LogP contribution in [0.25, 0.3) is 38.6 Å². The molecule has 45 heavy (non-hydrogen) atoms. The third-order valence-corrected chi connectivity index (χ3v) is 11.2. The largest absolute Gasteiger partial charge is 0.376 e. The second-order valence-electron chi connectivity index (χ2n) is 14.1. The van der Waals surface area contributed by atoms with E-state index in [2.05, 4.69) is 164 Å². The van der Waals surface area contributed by atoms with E-state index in [1.165, 1.54) is 83.2 Å². The molecular weight excluding hydrogens is 543 g/mol. The minimum Gasteiger partial charge on any atom is -0.376 e. The van der Waals surface area contributed by atoms with Gasteiger partial charge in [0.1, 0.15) is 0 Å². The summed E-state index contributed by atoms with van der Waals surface area (Å²) in [4.78, 5) is 2.73. The molecule has 0 fully saturated rings. The van der Waals surface area contributed by atoms with Gasteiger partial charge in [-0.05, 0) is 62.5 Å². The van der Waals surface area contributed by atoms with Crippen molar-refractivity contribution in [2.45, 2.75) is 38.5 Å². The maximum Gasteiger partial charge on any atom is 0.332 e. The smallest absolute Gasteiger partial charge is 0.332 e. The van der Waals surface area contributed by atoms with Gasteiger partial charge in [-0.15, -0.1) is 0 Å². The minimum absolute atomic E-state index is 0.00345. The summed E-state index contributed by atoms with van der Waals surface area (Å²) in [5, 5.41) is 2.63. The average Bonchev–Trinajstić information content (AvgIpc) is 3.53. The van der Waals surface area contributed by atoms with Gasteiger partial charge in [-0.3, -0.25) is 0 Å². The molecule has 3 aliphatic rings. The van der Waals surface area contributed by atoms with Gasteiger partial charge in [0.15, 0.2) is 0 Å². The molecule has 2 aliphatic heterocycles. The Bertz CT molecular complexity index is 2410. The van der Waals surface area contributed by atoms with Crippen LogP contribution in [0.2, 0.25) is 0 Å². The van der Waals surface area contributed by atoms with Crippen LogP contribution < -0.4 is 15.7 Å². The molecule has 0 atom stereocenters. The van der Waals surface area contributed by atoms with Gasteiger partial charge in [0, 0.05) is 38.7 Å². The molecule has 0 radical (unpaired) electrons. The normalized spacial score (nSPS) is 16.3. The van der Waals surface area contributed by atoms with E-state index in [0.29, 0.717) is 0 Å². The third kappa shape index (κ3) is 2.97. The Morgan fingerprint density at radius 3 is 2.02 bits per heavy atom. The summed E-state index contributed by atoms with van der Waals surface area (Å²) in [5.41, 5.74) is 17.3. The van der Waals surface area contributed by atoms with Gasteiger partial charge in [0.05, 0.1) is 11.0 Å². The zero-order valence-electron chi connectivity index (χ0n) is 26.1. The van der Waals surface area contributed by atoms with Crippen LogP contribution in [0.15, 0.2) is 127 Å². The number of rotatable bonds is 1. The molecule has 214 valence electrons. The second-order valence-corrected chi connectivity index (χ2v) is 14.1. The molecule has 3 heterocycles. The van der Waals surface area contributed by atoms with E-state index in [1.54, 1.807) is 0 Å². The molecule has 0 unspecified atom stereocenters. The lowest BCUT2D eigenvalue weighted by Crippen LogP contribution is -2.60. The molecule has 3 heteroatoms. The Hall–Kier alpha value is -5.02. The van der Waals surface area contributed by atoms with E-state index < -0.39 is 0 Å². The fraction of sp³-hybridized carbons (Fsp3) is 0.143. The topological polar surface area (TPSA) is 8.17 Å². The fourth-order valence-corrected chi connectivity index (χ4v) is 9.23. The molecule has 0 saturated heterocycles. The van der Waals surface area contributed by atoms with Crippen molar-refractivity contribution >= 4 is 51.0 Å². The van der Waals surface area contributed by atoms with Crippen molar-refractivity contribution in [1.29, 1.82) is 0 Å². The van der Waals surface area contributed by atoms with Crippen LogP contribution in [0.4, 0.5) is 11.4 Å². The monoisotopic (exact) mass is 576 g/mol. The summed E-state index contributed by atoms with van der Waals surface area (Å²) in [7, 11) is 0. The lowest BCUT2D eigenvalue weighted by Gasteiger charge is -2.48. The molecule has 1 aromatic heterocycles. The molecule has 7 aromatic rings. The van der Waals surface area contributed by atoms with Crippen LogP contribution in [0, 0.1) is 0 Å². The predicted octanol–water partition coefficient (Wildman–Crippen LogP) is 8.99. The van der Waals surface area contributed by atoms with Crippen LogP contribution in [-0.2, 0) is 10.8 Å². The van der Waals surface area contributed by atoms with Crippen molar-refractivity contribution in [2.75, 3.05) is 4.81 Å². The van der Waals surface area contributed by atoms with E-state index in [0.717, 1.165) is 0 Å². The van der Waals surface area contributed by atoms with Crippen molar-refractivity contribution in [1.82, 2.24) is 4.57 Å². The van der Waals surface area contributed by atoms with E-state index in [9.17, 15) is 0 Å². The second kappa shape index (κ2) is 8.37. The zero-order valence-corrected chi connectivity index (χ0v) is 26.1. The number of para-hydroxylation sites is 4. The van der Waals surface area contributed by atoms with Crippen LogP contribution in [0.3, 0.4) is 0 Å². The molecular formula is C42H33BN2. The number of anilines is 2. The molecule has 2 nitrogen and oxygen atoms in total. The average molecular weight is 577 g/mol. The first-order chi connectivity index (χ1) is 21.9. The molecule has 0 saturated carbocycles. The van der Waals surface area contributed by atoms with E-state index in [1.807, 2.05) is 0 Å².